The first-order valence-corrected chi connectivity index (χ1v) is 8.56. The lowest BCUT2D eigenvalue weighted by atomic mass is 10.00. The van der Waals surface area contributed by atoms with E-state index in [-0.39, 0.29) is 5.91 Å². The van der Waals surface area contributed by atoms with Crippen LogP contribution >= 0.6 is 0 Å². The Morgan fingerprint density at radius 2 is 2.08 bits per heavy atom. The van der Waals surface area contributed by atoms with Crippen molar-refractivity contribution < 1.29 is 4.79 Å². The highest BCUT2D eigenvalue weighted by atomic mass is 16.1. The molecule has 1 aliphatic rings. The van der Waals surface area contributed by atoms with Gasteiger partial charge in [0.2, 0.25) is 5.91 Å². The summed E-state index contributed by atoms with van der Waals surface area (Å²) in [5.41, 5.74) is 3.03. The summed E-state index contributed by atoms with van der Waals surface area (Å²) < 4.78 is 0. The predicted molar refractivity (Wildman–Crippen MR) is 97.5 cm³/mol. The minimum atomic E-state index is 0.0679. The number of aromatic amines is 1. The Bertz CT molecular complexity index is 880. The average Bonchev–Trinajstić information content (AvgIpc) is 2.98. The number of fused-ring (bicyclic) bond motifs is 1. The van der Waals surface area contributed by atoms with Crippen molar-refractivity contribution in [1.29, 1.82) is 0 Å². The molecule has 0 radical (unpaired) electrons. The van der Waals surface area contributed by atoms with Gasteiger partial charge >= 0.3 is 0 Å². The lowest BCUT2D eigenvalue weighted by Gasteiger charge is -2.39. The molecular weight excluding hydrogens is 314 g/mol. The van der Waals surface area contributed by atoms with Crippen LogP contribution in [0.1, 0.15) is 11.3 Å². The number of benzene rings is 1. The number of carbonyl (C=O) groups is 1. The van der Waals surface area contributed by atoms with Gasteiger partial charge in [0.25, 0.3) is 0 Å². The lowest BCUT2D eigenvalue weighted by molar-refractivity contribution is -0.120. The third kappa shape index (κ3) is 3.33. The van der Waals surface area contributed by atoms with Crippen molar-refractivity contribution in [1.82, 2.24) is 20.5 Å². The molecule has 0 bridgehead atoms. The molecule has 1 aliphatic heterocycles. The molecule has 25 heavy (non-hydrogen) atoms. The van der Waals surface area contributed by atoms with E-state index in [4.69, 9.17) is 0 Å². The van der Waals surface area contributed by atoms with Gasteiger partial charge in [0, 0.05) is 42.7 Å². The van der Waals surface area contributed by atoms with E-state index in [2.05, 4.69) is 25.4 Å². The third-order valence-corrected chi connectivity index (χ3v) is 4.68. The summed E-state index contributed by atoms with van der Waals surface area (Å²) >= 11 is 0. The van der Waals surface area contributed by atoms with Gasteiger partial charge in [0.15, 0.2) is 5.82 Å². The number of aryl methyl sites for hydroxylation is 1. The SMILES string of the molecule is Cc1ccc(N2CC(CNC(=O)Cc3c[nH]c4ccccc34)C2)nn1. The number of hydrogen-bond acceptors (Lipinski definition) is 4. The van der Waals surface area contributed by atoms with E-state index in [1.165, 1.54) is 0 Å². The maximum atomic E-state index is 12.2. The molecule has 6 heteroatoms. The molecule has 1 saturated heterocycles. The molecule has 0 unspecified atom stereocenters. The summed E-state index contributed by atoms with van der Waals surface area (Å²) in [5.74, 6) is 1.44. The monoisotopic (exact) mass is 335 g/mol. The topological polar surface area (TPSA) is 73.9 Å². The number of anilines is 1. The summed E-state index contributed by atoms with van der Waals surface area (Å²) in [7, 11) is 0. The highest BCUT2D eigenvalue weighted by Crippen LogP contribution is 2.22. The van der Waals surface area contributed by atoms with E-state index < -0.39 is 0 Å². The maximum Gasteiger partial charge on any atom is 0.224 e. The molecule has 0 aliphatic carbocycles. The number of carbonyl (C=O) groups excluding carboxylic acids is 1. The Hall–Kier alpha value is -2.89. The lowest BCUT2D eigenvalue weighted by Crippen LogP contribution is -2.52. The number of H-pyrrole nitrogens is 1. The minimum absolute atomic E-state index is 0.0679. The molecule has 2 N–H and O–H groups in total. The Labute approximate surface area is 146 Å². The number of para-hydroxylation sites is 1. The van der Waals surface area contributed by atoms with Crippen LogP contribution in [0.3, 0.4) is 0 Å². The van der Waals surface area contributed by atoms with E-state index in [0.29, 0.717) is 18.9 Å². The van der Waals surface area contributed by atoms with Crippen molar-refractivity contribution in [2.45, 2.75) is 13.3 Å². The highest BCUT2D eigenvalue weighted by molar-refractivity contribution is 5.88. The van der Waals surface area contributed by atoms with E-state index in [9.17, 15) is 4.79 Å². The first-order valence-electron chi connectivity index (χ1n) is 8.56. The Balaban J connectivity index is 1.25. The van der Waals surface area contributed by atoms with Crippen molar-refractivity contribution in [3.8, 4) is 0 Å². The van der Waals surface area contributed by atoms with Crippen molar-refractivity contribution in [3.05, 3.63) is 53.9 Å². The summed E-state index contributed by atoms with van der Waals surface area (Å²) in [4.78, 5) is 17.6. The molecule has 2 aromatic heterocycles. The van der Waals surface area contributed by atoms with Gasteiger partial charge < -0.3 is 15.2 Å². The van der Waals surface area contributed by atoms with Crippen LogP contribution in [0.25, 0.3) is 10.9 Å². The number of amides is 1. The Kier molecular flexibility index (Phi) is 4.09. The molecule has 0 saturated carbocycles. The molecule has 3 heterocycles. The number of hydrogen-bond donors (Lipinski definition) is 2. The largest absolute Gasteiger partial charge is 0.361 e. The molecule has 1 aromatic carbocycles. The molecule has 3 aromatic rings. The van der Waals surface area contributed by atoms with Gasteiger partial charge in [-0.15, -0.1) is 5.10 Å². The highest BCUT2D eigenvalue weighted by Gasteiger charge is 2.28. The predicted octanol–water partition coefficient (Wildman–Crippen LogP) is 2.06. The molecule has 0 spiro atoms. The van der Waals surface area contributed by atoms with Crippen LogP contribution in [0.2, 0.25) is 0 Å². The van der Waals surface area contributed by atoms with Gasteiger partial charge in [-0.2, -0.15) is 5.10 Å². The molecule has 1 amide bonds. The van der Waals surface area contributed by atoms with Crippen molar-refractivity contribution in [2.75, 3.05) is 24.5 Å². The van der Waals surface area contributed by atoms with Gasteiger partial charge in [0.05, 0.1) is 12.1 Å². The van der Waals surface area contributed by atoms with Gasteiger partial charge in [-0.05, 0) is 30.7 Å². The van der Waals surface area contributed by atoms with E-state index in [0.717, 1.165) is 41.1 Å². The normalized spacial score (nSPS) is 14.5. The number of nitrogens with one attached hydrogen (secondary N) is 2. The average molecular weight is 335 g/mol. The van der Waals surface area contributed by atoms with Crippen LogP contribution in [0.4, 0.5) is 5.82 Å². The zero-order chi connectivity index (χ0) is 17.2. The van der Waals surface area contributed by atoms with E-state index in [1.54, 1.807) is 0 Å². The summed E-state index contributed by atoms with van der Waals surface area (Å²) in [6, 6.07) is 12.0. The minimum Gasteiger partial charge on any atom is -0.361 e. The molecule has 128 valence electrons. The summed E-state index contributed by atoms with van der Waals surface area (Å²) in [6.45, 7) is 4.45. The molecule has 1 fully saturated rings. The summed E-state index contributed by atoms with van der Waals surface area (Å²) in [5, 5.41) is 12.4. The van der Waals surface area contributed by atoms with Crippen LogP contribution in [0.5, 0.6) is 0 Å². The van der Waals surface area contributed by atoms with Crippen molar-refractivity contribution >= 4 is 22.6 Å². The van der Waals surface area contributed by atoms with E-state index in [1.807, 2.05) is 49.5 Å². The van der Waals surface area contributed by atoms with Crippen LogP contribution in [-0.4, -0.2) is 40.7 Å². The number of aromatic nitrogens is 3. The van der Waals surface area contributed by atoms with Gasteiger partial charge in [-0.3, -0.25) is 4.79 Å². The fourth-order valence-corrected chi connectivity index (χ4v) is 3.22. The first-order chi connectivity index (χ1) is 12.2. The molecule has 0 atom stereocenters. The maximum absolute atomic E-state index is 12.2. The fraction of sp³-hybridized carbons (Fsp3) is 0.316. The van der Waals surface area contributed by atoms with Gasteiger partial charge in [-0.1, -0.05) is 18.2 Å². The second kappa shape index (κ2) is 6.55. The molecule has 6 nitrogen and oxygen atoms in total. The van der Waals surface area contributed by atoms with Crippen molar-refractivity contribution in [2.24, 2.45) is 5.92 Å². The second-order valence-corrected chi connectivity index (χ2v) is 6.64. The van der Waals surface area contributed by atoms with Crippen LogP contribution in [0, 0.1) is 12.8 Å². The molecular formula is C19H21N5O. The third-order valence-electron chi connectivity index (χ3n) is 4.68. The van der Waals surface area contributed by atoms with E-state index >= 15 is 0 Å². The van der Waals surface area contributed by atoms with Gasteiger partial charge in [-0.25, -0.2) is 0 Å². The smallest absolute Gasteiger partial charge is 0.224 e. The Morgan fingerprint density at radius 3 is 2.88 bits per heavy atom. The van der Waals surface area contributed by atoms with Crippen LogP contribution in [-0.2, 0) is 11.2 Å². The zero-order valence-electron chi connectivity index (χ0n) is 14.2. The first kappa shape index (κ1) is 15.6. The summed E-state index contributed by atoms with van der Waals surface area (Å²) in [6.07, 6.45) is 2.33. The Morgan fingerprint density at radius 1 is 1.24 bits per heavy atom. The standard InChI is InChI=1S/C19H21N5O/c1-13-6-7-18(23-22-13)24-11-14(12-24)9-21-19(25)8-15-10-20-17-5-3-2-4-16(15)17/h2-7,10,14,20H,8-9,11-12H2,1H3,(H,21,25). The zero-order valence-corrected chi connectivity index (χ0v) is 14.2. The van der Waals surface area contributed by atoms with Gasteiger partial charge in [0.1, 0.15) is 0 Å². The molecule has 4 rings (SSSR count). The fourth-order valence-electron chi connectivity index (χ4n) is 3.22. The van der Waals surface area contributed by atoms with Crippen LogP contribution in [0.15, 0.2) is 42.6 Å². The van der Waals surface area contributed by atoms with Crippen LogP contribution < -0.4 is 10.2 Å². The quantitative estimate of drug-likeness (QED) is 0.748. The number of nitrogens with zero attached hydrogens (tertiary/aromatic N) is 3. The second-order valence-electron chi connectivity index (χ2n) is 6.64. The van der Waals surface area contributed by atoms with Crippen molar-refractivity contribution in [3.63, 3.8) is 0 Å². The number of rotatable bonds is 5.